The number of halogens is 2. The fourth-order valence-electron chi connectivity index (χ4n) is 5.94. The van der Waals surface area contributed by atoms with Crippen LogP contribution in [0.4, 0.5) is 4.39 Å². The maximum atomic E-state index is 16.0. The molecule has 2 aliphatic rings. The molecule has 248 valence electrons. The first-order valence-corrected chi connectivity index (χ1v) is 16.0. The lowest BCUT2D eigenvalue weighted by molar-refractivity contribution is -0.0589. The number of hydrogen-bond acceptors (Lipinski definition) is 8. The van der Waals surface area contributed by atoms with Gasteiger partial charge in [-0.3, -0.25) is 0 Å². The Morgan fingerprint density at radius 1 is 1.04 bits per heavy atom. The maximum absolute atomic E-state index is 16.0. The highest BCUT2D eigenvalue weighted by Gasteiger charge is 2.25. The van der Waals surface area contributed by atoms with Crippen LogP contribution in [-0.4, -0.2) is 58.6 Å². The number of nitrogens with zero attached hydrogens (tertiary/aromatic N) is 3. The molecular formula is C36H33ClFN3O7. The fourth-order valence-corrected chi connectivity index (χ4v) is 6.14. The molecule has 3 aromatic carbocycles. The molecule has 5 aromatic rings. The van der Waals surface area contributed by atoms with Crippen molar-refractivity contribution in [1.82, 2.24) is 14.5 Å². The molecule has 0 radical (unpaired) electrons. The molecule has 4 heterocycles. The van der Waals surface area contributed by atoms with Gasteiger partial charge in [0.15, 0.2) is 0 Å². The molecule has 2 aromatic heterocycles. The molecule has 1 unspecified atom stereocenters. The first-order chi connectivity index (χ1) is 23.4. The Morgan fingerprint density at radius 3 is 2.69 bits per heavy atom. The van der Waals surface area contributed by atoms with E-state index in [-0.39, 0.29) is 44.5 Å². The number of aromatic nitrogens is 3. The highest BCUT2D eigenvalue weighted by molar-refractivity contribution is 6.30. The Kier molecular flexibility index (Phi) is 9.27. The van der Waals surface area contributed by atoms with Crippen molar-refractivity contribution < 1.29 is 38.0 Å². The molecule has 7 rings (SSSR count). The van der Waals surface area contributed by atoms with Gasteiger partial charge in [0.05, 0.1) is 49.2 Å². The predicted molar refractivity (Wildman–Crippen MR) is 175 cm³/mol. The fraction of sp³-hybridized carbons (Fsp3) is 0.306. The van der Waals surface area contributed by atoms with E-state index >= 15 is 4.39 Å². The molecule has 1 saturated heterocycles. The van der Waals surface area contributed by atoms with E-state index in [9.17, 15) is 9.90 Å². The summed E-state index contributed by atoms with van der Waals surface area (Å²) in [6, 6.07) is 17.1. The van der Waals surface area contributed by atoms with Crippen LogP contribution < -0.4 is 9.47 Å². The molecular weight excluding hydrogens is 641 g/mol. The van der Waals surface area contributed by atoms with E-state index in [1.54, 1.807) is 43.5 Å². The number of carboxylic acids is 1. The summed E-state index contributed by atoms with van der Waals surface area (Å²) in [5.74, 6) is -0.233. The Hall–Kier alpha value is -4.55. The van der Waals surface area contributed by atoms with Crippen LogP contribution in [0, 0.1) is 5.82 Å². The van der Waals surface area contributed by atoms with E-state index < -0.39 is 11.8 Å². The zero-order valence-electron chi connectivity index (χ0n) is 26.2. The smallest absolute Gasteiger partial charge is 0.335 e. The molecule has 4 bridgehead atoms. The lowest BCUT2D eigenvalue weighted by atomic mass is 9.99. The third-order valence-electron chi connectivity index (χ3n) is 8.57. The van der Waals surface area contributed by atoms with Gasteiger partial charge in [-0.2, -0.15) is 0 Å². The van der Waals surface area contributed by atoms with Crippen molar-refractivity contribution in [2.45, 2.75) is 45.3 Å². The second-order valence-corrected chi connectivity index (χ2v) is 12.2. The molecule has 10 nitrogen and oxygen atoms in total. The van der Waals surface area contributed by atoms with Crippen LogP contribution in [0.2, 0.25) is 5.02 Å². The molecule has 0 amide bonds. The van der Waals surface area contributed by atoms with Gasteiger partial charge in [0.25, 0.3) is 0 Å². The highest BCUT2D eigenvalue weighted by Crippen LogP contribution is 2.33. The van der Waals surface area contributed by atoms with Crippen molar-refractivity contribution in [3.8, 4) is 22.9 Å². The van der Waals surface area contributed by atoms with Crippen LogP contribution in [0.15, 0.2) is 60.7 Å². The summed E-state index contributed by atoms with van der Waals surface area (Å²) >= 11 is 6.33. The number of aromatic carboxylic acids is 1. The van der Waals surface area contributed by atoms with E-state index in [2.05, 4.69) is 4.98 Å². The number of hydrogen-bond donors (Lipinski definition) is 1. The molecule has 0 saturated carbocycles. The second kappa shape index (κ2) is 13.9. The summed E-state index contributed by atoms with van der Waals surface area (Å²) < 4.78 is 47.0. The Labute approximate surface area is 281 Å². The zero-order valence-corrected chi connectivity index (χ0v) is 27.0. The molecule has 2 aliphatic heterocycles. The number of pyridine rings is 1. The number of imidazole rings is 1. The first kappa shape index (κ1) is 32.0. The predicted octanol–water partition coefficient (Wildman–Crippen LogP) is 6.60. The summed E-state index contributed by atoms with van der Waals surface area (Å²) in [5, 5.41) is 10.5. The van der Waals surface area contributed by atoms with E-state index in [1.165, 1.54) is 12.1 Å². The summed E-state index contributed by atoms with van der Waals surface area (Å²) in [6.07, 6.45) is 1.03. The number of fused-ring (bicyclic) bond motifs is 7. The Balaban J connectivity index is 1.32. The van der Waals surface area contributed by atoms with Crippen LogP contribution in [0.1, 0.15) is 44.9 Å². The van der Waals surface area contributed by atoms with E-state index in [4.69, 9.17) is 40.3 Å². The van der Waals surface area contributed by atoms with Gasteiger partial charge in [0.1, 0.15) is 36.1 Å². The van der Waals surface area contributed by atoms with Crippen molar-refractivity contribution in [2.75, 3.05) is 26.9 Å². The Bertz CT molecular complexity index is 1990. The zero-order chi connectivity index (χ0) is 33.2. The lowest BCUT2D eigenvalue weighted by Crippen LogP contribution is -2.31. The topological polar surface area (TPSA) is 114 Å². The first-order valence-electron chi connectivity index (χ1n) is 15.6. The van der Waals surface area contributed by atoms with Gasteiger partial charge in [0, 0.05) is 36.8 Å². The van der Waals surface area contributed by atoms with Crippen molar-refractivity contribution in [3.63, 3.8) is 0 Å². The Morgan fingerprint density at radius 2 is 1.90 bits per heavy atom. The molecule has 1 N–H and O–H groups in total. The van der Waals surface area contributed by atoms with Gasteiger partial charge in [0.2, 0.25) is 5.88 Å². The van der Waals surface area contributed by atoms with E-state index in [0.717, 1.165) is 23.1 Å². The molecule has 48 heavy (non-hydrogen) atoms. The molecule has 1 atom stereocenters. The minimum absolute atomic E-state index is 0.0589. The summed E-state index contributed by atoms with van der Waals surface area (Å²) in [6.45, 7) is 2.32. The number of carbonyl (C=O) groups is 1. The second-order valence-electron chi connectivity index (χ2n) is 11.7. The normalized spacial score (nSPS) is 15.8. The van der Waals surface area contributed by atoms with Gasteiger partial charge in [-0.25, -0.2) is 19.2 Å². The van der Waals surface area contributed by atoms with Crippen LogP contribution in [0.5, 0.6) is 11.6 Å². The minimum Gasteiger partial charge on any atom is -0.489 e. The molecule has 0 spiro atoms. The van der Waals surface area contributed by atoms with Gasteiger partial charge in [-0.1, -0.05) is 23.7 Å². The number of carboxylic acid groups (broad SMARTS) is 1. The third-order valence-corrected chi connectivity index (χ3v) is 8.80. The van der Waals surface area contributed by atoms with Crippen LogP contribution in [0.25, 0.3) is 22.3 Å². The molecule has 12 heteroatoms. The van der Waals surface area contributed by atoms with E-state index in [0.29, 0.717) is 70.1 Å². The van der Waals surface area contributed by atoms with Gasteiger partial charge >= 0.3 is 5.97 Å². The van der Waals surface area contributed by atoms with Crippen molar-refractivity contribution >= 4 is 28.6 Å². The summed E-state index contributed by atoms with van der Waals surface area (Å²) in [7, 11) is 1.56. The third kappa shape index (κ3) is 6.72. The average molecular weight is 674 g/mol. The standard InChI is InChI=1S/C36H33ClFN3O7/c1-44-9-10-47-32-15-23(36(42)43)14-31-35(32)40-33(41(31)17-27-7-8-46-27)16-22-13-29(38)28-12-25(22)19-45-18-24-11-26(37)6-5-21(24)20-48-34-4-2-3-30(28)39-34/h2-6,11-15,27H,7-10,16-20H2,1H3,(H,42,43). The van der Waals surface area contributed by atoms with Gasteiger partial charge in [-0.05, 0) is 71.1 Å². The molecule has 1 fully saturated rings. The monoisotopic (exact) mass is 673 g/mol. The number of methoxy groups -OCH3 is 1. The molecule has 0 aliphatic carbocycles. The number of ether oxygens (including phenoxy) is 5. The van der Waals surface area contributed by atoms with Crippen molar-refractivity contribution in [2.24, 2.45) is 0 Å². The number of benzene rings is 3. The largest absolute Gasteiger partial charge is 0.489 e. The quantitative estimate of drug-likeness (QED) is 0.173. The maximum Gasteiger partial charge on any atom is 0.335 e. The van der Waals surface area contributed by atoms with Crippen LogP contribution in [-0.2, 0) is 47.0 Å². The summed E-state index contributed by atoms with van der Waals surface area (Å²) in [5.41, 5.74) is 5.11. The van der Waals surface area contributed by atoms with Crippen molar-refractivity contribution in [1.29, 1.82) is 0 Å². The van der Waals surface area contributed by atoms with Crippen molar-refractivity contribution in [3.05, 3.63) is 105 Å². The van der Waals surface area contributed by atoms with Crippen LogP contribution in [0.3, 0.4) is 0 Å². The van der Waals surface area contributed by atoms with Gasteiger partial charge in [-0.15, -0.1) is 0 Å². The van der Waals surface area contributed by atoms with E-state index in [1.807, 2.05) is 16.7 Å². The van der Waals surface area contributed by atoms with Gasteiger partial charge < -0.3 is 33.4 Å². The SMILES string of the molecule is COCCOc1cc(C(=O)O)cc2c1nc(Cc1cc(F)c3cc1COCc1cc(Cl)ccc1COc1cccc-3n1)n2CC1CCO1. The van der Waals surface area contributed by atoms with Crippen LogP contribution >= 0.6 is 11.6 Å². The number of rotatable bonds is 9. The average Bonchev–Trinajstić information content (AvgIpc) is 3.40. The minimum atomic E-state index is -1.09. The highest BCUT2D eigenvalue weighted by atomic mass is 35.5. The summed E-state index contributed by atoms with van der Waals surface area (Å²) in [4.78, 5) is 21.7. The lowest BCUT2D eigenvalue weighted by Gasteiger charge is -2.27.